The fourth-order valence-electron chi connectivity index (χ4n) is 2.40. The number of rotatable bonds is 1. The Kier molecular flexibility index (Phi) is 2.05. The maximum Gasteiger partial charge on any atom is 0.109 e. The summed E-state index contributed by atoms with van der Waals surface area (Å²) < 4.78 is 7.95. The SMILES string of the molecule is c1c(C2CCCO2)nc2n1CCCC2. The van der Waals surface area contributed by atoms with E-state index in [2.05, 4.69) is 15.7 Å². The lowest BCUT2D eigenvalue weighted by molar-refractivity contribution is 0.109. The average molecular weight is 192 g/mol. The van der Waals surface area contributed by atoms with E-state index in [0.717, 1.165) is 26.0 Å². The summed E-state index contributed by atoms with van der Waals surface area (Å²) in [5.41, 5.74) is 1.17. The van der Waals surface area contributed by atoms with Crippen LogP contribution >= 0.6 is 0 Å². The van der Waals surface area contributed by atoms with E-state index in [1.54, 1.807) is 0 Å². The number of aryl methyl sites for hydroxylation is 2. The molecule has 0 N–H and O–H groups in total. The first kappa shape index (κ1) is 8.48. The molecule has 3 rings (SSSR count). The van der Waals surface area contributed by atoms with Gasteiger partial charge in [0.25, 0.3) is 0 Å². The highest BCUT2D eigenvalue weighted by molar-refractivity contribution is 5.09. The number of ether oxygens (including phenoxy) is 1. The van der Waals surface area contributed by atoms with Crippen LogP contribution in [0.4, 0.5) is 0 Å². The van der Waals surface area contributed by atoms with Crippen molar-refractivity contribution in [1.82, 2.24) is 9.55 Å². The zero-order valence-corrected chi connectivity index (χ0v) is 8.41. The molecule has 0 bridgehead atoms. The van der Waals surface area contributed by atoms with E-state index in [1.165, 1.54) is 30.8 Å². The Morgan fingerprint density at radius 1 is 1.36 bits per heavy atom. The molecule has 1 unspecified atom stereocenters. The predicted octanol–water partition coefficient (Wildman–Crippen LogP) is 2.07. The minimum atomic E-state index is 0.285. The van der Waals surface area contributed by atoms with Gasteiger partial charge in [0, 0.05) is 25.8 Å². The monoisotopic (exact) mass is 192 g/mol. The first-order chi connectivity index (χ1) is 6.93. The summed E-state index contributed by atoms with van der Waals surface area (Å²) in [6, 6.07) is 0. The third kappa shape index (κ3) is 1.36. The lowest BCUT2D eigenvalue weighted by atomic mass is 10.2. The van der Waals surface area contributed by atoms with Crippen molar-refractivity contribution in [2.45, 2.75) is 44.8 Å². The van der Waals surface area contributed by atoms with E-state index in [9.17, 15) is 0 Å². The van der Waals surface area contributed by atoms with Crippen molar-refractivity contribution in [3.05, 3.63) is 17.7 Å². The second kappa shape index (κ2) is 3.39. The predicted molar refractivity (Wildman–Crippen MR) is 53.1 cm³/mol. The van der Waals surface area contributed by atoms with Crippen LogP contribution in [0.2, 0.25) is 0 Å². The molecule has 0 amide bonds. The molecular formula is C11H16N2O. The molecule has 3 nitrogen and oxygen atoms in total. The average Bonchev–Trinajstić information content (AvgIpc) is 2.86. The van der Waals surface area contributed by atoms with E-state index < -0.39 is 0 Å². The van der Waals surface area contributed by atoms with Crippen LogP contribution in [0.25, 0.3) is 0 Å². The van der Waals surface area contributed by atoms with Crippen LogP contribution in [0.15, 0.2) is 6.20 Å². The van der Waals surface area contributed by atoms with Gasteiger partial charge in [-0.25, -0.2) is 4.98 Å². The van der Waals surface area contributed by atoms with Gasteiger partial charge in [-0.05, 0) is 25.7 Å². The van der Waals surface area contributed by atoms with Gasteiger partial charge in [-0.3, -0.25) is 0 Å². The second-order valence-electron chi connectivity index (χ2n) is 4.23. The fraction of sp³-hybridized carbons (Fsp3) is 0.727. The molecule has 0 aliphatic carbocycles. The number of hydrogen-bond acceptors (Lipinski definition) is 2. The molecule has 0 spiro atoms. The first-order valence-corrected chi connectivity index (χ1v) is 5.61. The maximum atomic E-state index is 5.64. The van der Waals surface area contributed by atoms with E-state index in [-0.39, 0.29) is 6.10 Å². The third-order valence-corrected chi connectivity index (χ3v) is 3.19. The van der Waals surface area contributed by atoms with Crippen LogP contribution in [-0.4, -0.2) is 16.2 Å². The van der Waals surface area contributed by atoms with Crippen molar-refractivity contribution in [3.63, 3.8) is 0 Å². The van der Waals surface area contributed by atoms with Crippen LogP contribution in [0.1, 0.15) is 43.3 Å². The van der Waals surface area contributed by atoms with Crippen LogP contribution in [-0.2, 0) is 17.7 Å². The Labute approximate surface area is 84.1 Å². The molecule has 2 aliphatic rings. The fourth-order valence-corrected chi connectivity index (χ4v) is 2.40. The Morgan fingerprint density at radius 3 is 3.14 bits per heavy atom. The van der Waals surface area contributed by atoms with Gasteiger partial charge in [-0.15, -0.1) is 0 Å². The van der Waals surface area contributed by atoms with Gasteiger partial charge in [-0.1, -0.05) is 0 Å². The normalized spacial score (nSPS) is 26.4. The Hall–Kier alpha value is -0.830. The van der Waals surface area contributed by atoms with Crippen molar-refractivity contribution in [1.29, 1.82) is 0 Å². The van der Waals surface area contributed by atoms with Gasteiger partial charge in [0.2, 0.25) is 0 Å². The van der Waals surface area contributed by atoms with Crippen LogP contribution in [0.5, 0.6) is 0 Å². The van der Waals surface area contributed by atoms with E-state index in [1.807, 2.05) is 0 Å². The third-order valence-electron chi connectivity index (χ3n) is 3.19. The van der Waals surface area contributed by atoms with Gasteiger partial charge in [0.15, 0.2) is 0 Å². The maximum absolute atomic E-state index is 5.64. The van der Waals surface area contributed by atoms with Crippen LogP contribution in [0.3, 0.4) is 0 Å². The summed E-state index contributed by atoms with van der Waals surface area (Å²) in [4.78, 5) is 4.67. The van der Waals surface area contributed by atoms with Crippen molar-refractivity contribution in [2.24, 2.45) is 0 Å². The highest BCUT2D eigenvalue weighted by Crippen LogP contribution is 2.28. The van der Waals surface area contributed by atoms with Crippen LogP contribution < -0.4 is 0 Å². The molecule has 1 aromatic heterocycles. The van der Waals surface area contributed by atoms with Gasteiger partial charge >= 0.3 is 0 Å². The molecule has 14 heavy (non-hydrogen) atoms. The van der Waals surface area contributed by atoms with Gasteiger partial charge in [-0.2, -0.15) is 0 Å². The van der Waals surface area contributed by atoms with Gasteiger partial charge < -0.3 is 9.30 Å². The molecule has 0 aromatic carbocycles. The smallest absolute Gasteiger partial charge is 0.109 e. The minimum absolute atomic E-state index is 0.285. The highest BCUT2D eigenvalue weighted by Gasteiger charge is 2.22. The first-order valence-electron chi connectivity index (χ1n) is 5.61. The van der Waals surface area contributed by atoms with E-state index in [4.69, 9.17) is 4.74 Å². The Bertz CT molecular complexity index is 303. The Balaban J connectivity index is 1.87. The summed E-state index contributed by atoms with van der Waals surface area (Å²) >= 11 is 0. The molecule has 0 radical (unpaired) electrons. The molecule has 76 valence electrons. The highest BCUT2D eigenvalue weighted by atomic mass is 16.5. The quantitative estimate of drug-likeness (QED) is 0.681. The summed E-state index contributed by atoms with van der Waals surface area (Å²) in [5, 5.41) is 0. The summed E-state index contributed by atoms with van der Waals surface area (Å²) in [6.07, 6.45) is 8.56. The zero-order chi connectivity index (χ0) is 9.38. The molecule has 2 aliphatic heterocycles. The zero-order valence-electron chi connectivity index (χ0n) is 8.41. The van der Waals surface area contributed by atoms with Crippen molar-refractivity contribution in [3.8, 4) is 0 Å². The summed E-state index contributed by atoms with van der Waals surface area (Å²) in [6.45, 7) is 2.06. The van der Waals surface area contributed by atoms with Crippen LogP contribution in [0, 0.1) is 0 Å². The second-order valence-corrected chi connectivity index (χ2v) is 4.23. The largest absolute Gasteiger partial charge is 0.372 e. The molecule has 1 saturated heterocycles. The summed E-state index contributed by atoms with van der Waals surface area (Å²) in [7, 11) is 0. The standard InChI is InChI=1S/C11H16N2O/c1-2-6-13-8-9(12-11(13)5-1)10-4-3-7-14-10/h8,10H,1-7H2. The lowest BCUT2D eigenvalue weighted by Crippen LogP contribution is -2.08. The van der Waals surface area contributed by atoms with Crippen molar-refractivity contribution < 1.29 is 4.74 Å². The molecular weight excluding hydrogens is 176 g/mol. The number of aromatic nitrogens is 2. The molecule has 1 aromatic rings. The lowest BCUT2D eigenvalue weighted by Gasteiger charge is -2.11. The number of fused-ring (bicyclic) bond motifs is 1. The molecule has 3 heterocycles. The number of hydrogen-bond donors (Lipinski definition) is 0. The van der Waals surface area contributed by atoms with Crippen molar-refractivity contribution >= 4 is 0 Å². The summed E-state index contributed by atoms with van der Waals surface area (Å²) in [5.74, 6) is 1.27. The van der Waals surface area contributed by atoms with E-state index in [0.29, 0.717) is 0 Å². The molecule has 1 fully saturated rings. The molecule has 1 atom stereocenters. The molecule has 3 heteroatoms. The van der Waals surface area contributed by atoms with Crippen molar-refractivity contribution in [2.75, 3.05) is 6.61 Å². The number of nitrogens with zero attached hydrogens (tertiary/aromatic N) is 2. The molecule has 0 saturated carbocycles. The Morgan fingerprint density at radius 2 is 2.36 bits per heavy atom. The topological polar surface area (TPSA) is 27.1 Å². The van der Waals surface area contributed by atoms with E-state index >= 15 is 0 Å². The van der Waals surface area contributed by atoms with Gasteiger partial charge in [0.05, 0.1) is 5.69 Å². The van der Waals surface area contributed by atoms with Gasteiger partial charge in [0.1, 0.15) is 11.9 Å². The number of imidazole rings is 1. The minimum Gasteiger partial charge on any atom is -0.372 e.